The lowest BCUT2D eigenvalue weighted by atomic mass is 10.6. The summed E-state index contributed by atoms with van der Waals surface area (Å²) in [5, 5.41) is 0. The van der Waals surface area contributed by atoms with Crippen LogP contribution in [0.2, 0.25) is 0 Å². The van der Waals surface area contributed by atoms with E-state index in [-0.39, 0.29) is 0 Å². The van der Waals surface area contributed by atoms with Gasteiger partial charge >= 0.3 is 12.8 Å². The molecular formula is BO3+. The van der Waals surface area contributed by atoms with Gasteiger partial charge in [0, 0.05) is 0 Å². The summed E-state index contributed by atoms with van der Waals surface area (Å²) in [6.07, 6.45) is 0. The summed E-state index contributed by atoms with van der Waals surface area (Å²) in [5.41, 5.74) is 0. The molecule has 0 unspecified atom stereocenters. The first kappa shape index (κ1) is 3.46. The zero-order chi connectivity index (χ0) is 3.41. The predicted molar refractivity (Wildman–Crippen MR) is 13.6 cm³/mol. The molecule has 0 aliphatic carbocycles. The first-order chi connectivity index (χ1) is 1.91. The lowest BCUT2D eigenvalue weighted by Gasteiger charge is -1.39. The van der Waals surface area contributed by atoms with E-state index in [1.54, 1.807) is 0 Å². The number of hydrogen-bond acceptors (Lipinski definition) is 2. The van der Waals surface area contributed by atoms with Gasteiger partial charge in [0.2, 0.25) is 0 Å². The summed E-state index contributed by atoms with van der Waals surface area (Å²) >= 11 is 0. The van der Waals surface area contributed by atoms with Crippen molar-refractivity contribution in [2.45, 2.75) is 0 Å². The summed E-state index contributed by atoms with van der Waals surface area (Å²) in [4.78, 5) is 11.4. The Morgan fingerprint density at radius 1 is 2.00 bits per heavy atom. The highest BCUT2D eigenvalue weighted by Crippen LogP contribution is 1.44. The van der Waals surface area contributed by atoms with Crippen molar-refractivity contribution in [2.75, 3.05) is 0 Å². The molecule has 0 aromatic rings. The van der Waals surface area contributed by atoms with Gasteiger partial charge in [0.05, 0.1) is 0 Å². The van der Waals surface area contributed by atoms with E-state index in [9.17, 15) is 0 Å². The lowest BCUT2D eigenvalue weighted by Crippen LogP contribution is -1.62. The molecule has 0 saturated carbocycles. The molecule has 2 radical (unpaired) electrons. The van der Waals surface area contributed by atoms with Crippen LogP contribution in [0, 0.1) is 9.71 Å². The van der Waals surface area contributed by atoms with Crippen molar-refractivity contribution >= 4 is 8.05 Å². The van der Waals surface area contributed by atoms with Crippen molar-refractivity contribution in [3.05, 3.63) is 9.71 Å². The summed E-state index contributed by atoms with van der Waals surface area (Å²) in [6, 6.07) is 0. The minimum atomic E-state index is 2.57. The molecule has 0 amide bonds. The smallest absolute Gasteiger partial charge is 0.181 e. The van der Waals surface area contributed by atoms with Crippen LogP contribution in [0.4, 0.5) is 0 Å². The molecule has 0 bridgehead atoms. The zero-order valence-electron chi connectivity index (χ0n) is 1.80. The third-order valence-electron chi connectivity index (χ3n) is 0.0393. The minimum Gasteiger partial charge on any atom is -0.181 e. The lowest BCUT2D eigenvalue weighted by molar-refractivity contribution is 0.520. The Morgan fingerprint density at radius 3 is 2.25 bits per heavy atom. The maximum absolute atomic E-state index is 8.45. The van der Waals surface area contributed by atoms with Gasteiger partial charge in [0.25, 0.3) is 4.96 Å². The van der Waals surface area contributed by atoms with Crippen LogP contribution in [0.5, 0.6) is 0 Å². The summed E-state index contributed by atoms with van der Waals surface area (Å²) in [7, 11) is 3.99. The predicted octanol–water partition coefficient (Wildman–Crippen LogP) is -0.382. The van der Waals surface area contributed by atoms with Crippen molar-refractivity contribution in [1.29, 1.82) is 0 Å². The van der Waals surface area contributed by atoms with Gasteiger partial charge in [-0.25, -0.2) is 0 Å². The standard InChI is InChI=1S/BO3/c1-3-4-2/q+1. The molecule has 4 heavy (non-hydrogen) atoms. The van der Waals surface area contributed by atoms with Crippen LogP contribution in [0.15, 0.2) is 0 Å². The maximum atomic E-state index is 8.45. The van der Waals surface area contributed by atoms with E-state index in [4.69, 9.17) is 4.96 Å². The zero-order valence-corrected chi connectivity index (χ0v) is 1.80. The highest BCUT2D eigenvalue weighted by molar-refractivity contribution is 5.98. The first-order valence-corrected chi connectivity index (χ1v) is 0.569. The average molecular weight is 58.8 g/mol. The van der Waals surface area contributed by atoms with Crippen LogP contribution in [0.3, 0.4) is 0 Å². The van der Waals surface area contributed by atoms with Crippen molar-refractivity contribution in [1.82, 2.24) is 0 Å². The Labute approximate surface area is 23.9 Å². The number of rotatable bonds is 1. The van der Waals surface area contributed by atoms with E-state index in [1.165, 1.54) is 0 Å². The molecule has 0 spiro atoms. The maximum Gasteiger partial charge on any atom is 0.549 e. The second-order valence-corrected chi connectivity index (χ2v) is 0.164. The van der Waals surface area contributed by atoms with Crippen LogP contribution in [0.1, 0.15) is 0 Å². The second-order valence-electron chi connectivity index (χ2n) is 0.164. The van der Waals surface area contributed by atoms with Crippen LogP contribution < -0.4 is 0 Å². The van der Waals surface area contributed by atoms with E-state index in [2.05, 4.69) is 17.6 Å². The topological polar surface area (TPSA) is 37.6 Å². The molecule has 0 heterocycles. The van der Waals surface area contributed by atoms with Crippen molar-refractivity contribution in [3.63, 3.8) is 0 Å². The van der Waals surface area contributed by atoms with Gasteiger partial charge in [-0.3, -0.25) is 0 Å². The number of hydrogen-bond donors (Lipinski definition) is 0. The van der Waals surface area contributed by atoms with Crippen LogP contribution in [-0.2, 0) is 4.81 Å². The molecule has 0 N–H and O–H groups in total. The van der Waals surface area contributed by atoms with Gasteiger partial charge in [0.15, 0.2) is 0 Å². The normalized spacial score (nSPS) is 5.00. The van der Waals surface area contributed by atoms with Gasteiger partial charge in [-0.2, -0.15) is 4.81 Å². The quantitative estimate of drug-likeness (QED) is 0.178. The molecule has 0 aromatic heterocycles. The third-order valence-corrected chi connectivity index (χ3v) is 0.0393. The molecule has 0 aliphatic rings. The van der Waals surface area contributed by atoms with Gasteiger partial charge in [-0.15, -0.1) is 0 Å². The Kier molecular flexibility index (Phi) is 2.14. The van der Waals surface area contributed by atoms with Gasteiger partial charge in [0.1, 0.15) is 0 Å². The fourth-order valence-corrected chi connectivity index (χ4v) is 0. The Balaban J connectivity index is 2.30. The van der Waals surface area contributed by atoms with Crippen molar-refractivity contribution in [2.24, 2.45) is 0 Å². The Hall–Kier alpha value is -0.535. The molecule has 3 nitrogen and oxygen atoms in total. The Morgan fingerprint density at radius 2 is 2.25 bits per heavy atom. The van der Waals surface area contributed by atoms with Gasteiger partial charge in [-0.1, -0.05) is 0 Å². The fourth-order valence-electron chi connectivity index (χ4n) is 0. The van der Waals surface area contributed by atoms with E-state index >= 15 is 0 Å². The first-order valence-electron chi connectivity index (χ1n) is 0.569. The minimum absolute atomic E-state index is 2.57. The Bertz CT molecular complexity index is 17.2. The van der Waals surface area contributed by atoms with E-state index in [0.29, 0.717) is 0 Å². The molecule has 20 valence electrons. The molecule has 0 saturated heterocycles. The monoisotopic (exact) mass is 59.0 g/mol. The third kappa shape index (κ3) is 1.46. The van der Waals surface area contributed by atoms with Crippen LogP contribution in [-0.4, -0.2) is 8.05 Å². The summed E-state index contributed by atoms with van der Waals surface area (Å²) in [6.45, 7) is 0. The molecule has 0 atom stereocenters. The van der Waals surface area contributed by atoms with Crippen molar-refractivity contribution in [3.8, 4) is 0 Å². The van der Waals surface area contributed by atoms with Crippen LogP contribution in [0.25, 0.3) is 0 Å². The van der Waals surface area contributed by atoms with E-state index in [0.717, 1.165) is 0 Å². The van der Waals surface area contributed by atoms with Crippen LogP contribution >= 0.6 is 0 Å². The largest absolute Gasteiger partial charge is 0.549 e. The molecular weight excluding hydrogens is 58.8 g/mol. The van der Waals surface area contributed by atoms with Gasteiger partial charge < -0.3 is 0 Å². The molecule has 0 aromatic carbocycles. The highest BCUT2D eigenvalue weighted by Gasteiger charge is 1.70. The van der Waals surface area contributed by atoms with E-state index in [1.807, 2.05) is 0 Å². The molecule has 0 rings (SSSR count). The second kappa shape index (κ2) is 2.46. The summed E-state index contributed by atoms with van der Waals surface area (Å²) in [5.74, 6) is 0. The molecule has 0 fully saturated rings. The fraction of sp³-hybridized carbons (Fsp3) is 0. The molecule has 0 aliphatic heterocycles. The van der Waals surface area contributed by atoms with Gasteiger partial charge in [-0.05, 0) is 0 Å². The molecule has 4 heteroatoms. The van der Waals surface area contributed by atoms with Crippen molar-refractivity contribution < 1.29 is 4.81 Å². The SMILES string of the molecule is [B]O[O+]=O. The van der Waals surface area contributed by atoms with E-state index < -0.39 is 0 Å². The average Bonchev–Trinajstić information content (AvgIpc) is 1.37. The summed E-state index contributed by atoms with van der Waals surface area (Å²) < 4.78 is 2.57. The highest BCUT2D eigenvalue weighted by atomic mass is 17.3.